The Morgan fingerprint density at radius 1 is 1.45 bits per heavy atom. The van der Waals surface area contributed by atoms with Gasteiger partial charge in [0.15, 0.2) is 16.7 Å². The Bertz CT molecular complexity index is 595. The first kappa shape index (κ1) is 16.6. The van der Waals surface area contributed by atoms with E-state index in [-0.39, 0.29) is 11.9 Å². The highest BCUT2D eigenvalue weighted by Gasteiger charge is 2.16. The van der Waals surface area contributed by atoms with Crippen LogP contribution in [0.3, 0.4) is 0 Å². The van der Waals surface area contributed by atoms with E-state index in [4.69, 9.17) is 4.42 Å². The third-order valence-electron chi connectivity index (χ3n) is 3.24. The van der Waals surface area contributed by atoms with Crippen LogP contribution in [0.25, 0.3) is 11.6 Å². The number of hydrogen-bond donors (Lipinski definition) is 1. The van der Waals surface area contributed by atoms with Crippen LogP contribution in [0.15, 0.2) is 28.0 Å². The molecular weight excluding hydrogens is 300 g/mol. The zero-order chi connectivity index (χ0) is 15.9. The third-order valence-corrected chi connectivity index (χ3v) is 4.20. The molecule has 0 spiro atoms. The fraction of sp³-hybridized carbons (Fsp3) is 0.533. The van der Waals surface area contributed by atoms with Crippen LogP contribution in [0.4, 0.5) is 0 Å². The number of nitrogens with one attached hydrogen (secondary N) is 1. The molecule has 120 valence electrons. The molecule has 2 rings (SSSR count). The number of furan rings is 1. The Balaban J connectivity index is 1.97. The van der Waals surface area contributed by atoms with Crippen molar-refractivity contribution in [2.75, 3.05) is 5.75 Å². The maximum absolute atomic E-state index is 11.9. The molecular formula is C15H22N4O2S. The quantitative estimate of drug-likeness (QED) is 0.756. The first-order valence-electron chi connectivity index (χ1n) is 7.54. The van der Waals surface area contributed by atoms with Gasteiger partial charge in [-0.1, -0.05) is 25.1 Å². The number of carbonyl (C=O) groups excluding carboxylic acids is 1. The minimum absolute atomic E-state index is 0.0242. The molecule has 0 aliphatic heterocycles. The van der Waals surface area contributed by atoms with Crippen molar-refractivity contribution in [3.05, 3.63) is 18.4 Å². The Labute approximate surface area is 134 Å². The molecule has 0 unspecified atom stereocenters. The van der Waals surface area contributed by atoms with Crippen LogP contribution >= 0.6 is 11.8 Å². The van der Waals surface area contributed by atoms with Gasteiger partial charge in [0.05, 0.1) is 12.0 Å². The summed E-state index contributed by atoms with van der Waals surface area (Å²) in [5, 5.41) is 12.0. The molecule has 0 radical (unpaired) electrons. The second-order valence-corrected chi connectivity index (χ2v) is 6.02. The average Bonchev–Trinajstić information content (AvgIpc) is 3.13. The van der Waals surface area contributed by atoms with E-state index >= 15 is 0 Å². The molecule has 0 fully saturated rings. The van der Waals surface area contributed by atoms with Crippen molar-refractivity contribution in [1.82, 2.24) is 20.1 Å². The van der Waals surface area contributed by atoms with Crippen LogP contribution in [-0.2, 0) is 11.3 Å². The Hall–Kier alpha value is -1.76. The van der Waals surface area contributed by atoms with Gasteiger partial charge < -0.3 is 9.73 Å². The number of amides is 1. The molecule has 0 aliphatic rings. The molecule has 2 aromatic heterocycles. The largest absolute Gasteiger partial charge is 0.461 e. The monoisotopic (exact) mass is 322 g/mol. The lowest BCUT2D eigenvalue weighted by molar-refractivity contribution is -0.119. The second-order valence-electron chi connectivity index (χ2n) is 5.07. The van der Waals surface area contributed by atoms with Crippen LogP contribution in [0, 0.1) is 0 Å². The first-order chi connectivity index (χ1) is 10.7. The Morgan fingerprint density at radius 3 is 2.91 bits per heavy atom. The lowest BCUT2D eigenvalue weighted by atomic mass is 10.2. The van der Waals surface area contributed by atoms with Crippen molar-refractivity contribution in [3.63, 3.8) is 0 Å². The van der Waals surface area contributed by atoms with Gasteiger partial charge >= 0.3 is 0 Å². The summed E-state index contributed by atoms with van der Waals surface area (Å²) in [4.78, 5) is 11.9. The third kappa shape index (κ3) is 4.13. The van der Waals surface area contributed by atoms with E-state index in [1.807, 2.05) is 30.5 Å². The molecule has 6 nitrogen and oxygen atoms in total. The van der Waals surface area contributed by atoms with Gasteiger partial charge in [-0.05, 0) is 32.4 Å². The van der Waals surface area contributed by atoms with Crippen LogP contribution in [-0.4, -0.2) is 32.5 Å². The average molecular weight is 322 g/mol. The summed E-state index contributed by atoms with van der Waals surface area (Å²) in [6, 6.07) is 3.88. The second kappa shape index (κ2) is 8.03. The SMILES string of the molecule is CCC[C@H](C)NC(=O)CSc1nnc(-c2ccco2)n1CC. The van der Waals surface area contributed by atoms with Gasteiger partial charge in [-0.3, -0.25) is 9.36 Å². The molecule has 2 heterocycles. The fourth-order valence-electron chi connectivity index (χ4n) is 2.22. The van der Waals surface area contributed by atoms with E-state index in [0.29, 0.717) is 17.3 Å². The highest BCUT2D eigenvalue weighted by molar-refractivity contribution is 7.99. The number of carbonyl (C=O) groups is 1. The van der Waals surface area contributed by atoms with E-state index in [0.717, 1.165) is 24.5 Å². The highest BCUT2D eigenvalue weighted by atomic mass is 32.2. The number of aromatic nitrogens is 3. The van der Waals surface area contributed by atoms with Gasteiger partial charge in [-0.15, -0.1) is 10.2 Å². The summed E-state index contributed by atoms with van der Waals surface area (Å²) >= 11 is 1.39. The molecule has 0 aliphatic carbocycles. The minimum atomic E-state index is 0.0242. The fourth-order valence-corrected chi connectivity index (χ4v) is 3.03. The zero-order valence-corrected chi connectivity index (χ0v) is 14.0. The topological polar surface area (TPSA) is 73.0 Å². The summed E-state index contributed by atoms with van der Waals surface area (Å²) in [5.74, 6) is 1.73. The molecule has 1 atom stereocenters. The smallest absolute Gasteiger partial charge is 0.230 e. The van der Waals surface area contributed by atoms with E-state index in [9.17, 15) is 4.79 Å². The maximum Gasteiger partial charge on any atom is 0.230 e. The number of nitrogens with zero attached hydrogens (tertiary/aromatic N) is 3. The standard InChI is InChI=1S/C15H22N4O2S/c1-4-7-11(3)16-13(20)10-22-15-18-17-14(19(15)5-2)12-8-6-9-21-12/h6,8-9,11H,4-5,7,10H2,1-3H3,(H,16,20)/t11-/m0/s1. The molecule has 0 aromatic carbocycles. The van der Waals surface area contributed by atoms with Crippen molar-refractivity contribution in [2.45, 2.75) is 51.4 Å². The van der Waals surface area contributed by atoms with Crippen LogP contribution in [0.1, 0.15) is 33.6 Å². The summed E-state index contributed by atoms with van der Waals surface area (Å²) < 4.78 is 7.32. The number of hydrogen-bond acceptors (Lipinski definition) is 5. The molecule has 22 heavy (non-hydrogen) atoms. The normalized spacial score (nSPS) is 12.3. The van der Waals surface area contributed by atoms with Crippen molar-refractivity contribution >= 4 is 17.7 Å². The minimum Gasteiger partial charge on any atom is -0.461 e. The Morgan fingerprint density at radius 2 is 2.27 bits per heavy atom. The van der Waals surface area contributed by atoms with E-state index in [1.165, 1.54) is 11.8 Å². The van der Waals surface area contributed by atoms with Crippen LogP contribution in [0.2, 0.25) is 0 Å². The first-order valence-corrected chi connectivity index (χ1v) is 8.53. The van der Waals surface area contributed by atoms with Gasteiger partial charge in [0.1, 0.15) is 0 Å². The summed E-state index contributed by atoms with van der Waals surface area (Å²) in [5.41, 5.74) is 0. The van der Waals surface area contributed by atoms with Crippen molar-refractivity contribution in [2.24, 2.45) is 0 Å². The highest BCUT2D eigenvalue weighted by Crippen LogP contribution is 2.24. The molecule has 0 bridgehead atoms. The molecule has 0 saturated carbocycles. The summed E-state index contributed by atoms with van der Waals surface area (Å²) in [6.45, 7) is 6.87. The predicted molar refractivity (Wildman–Crippen MR) is 86.6 cm³/mol. The lowest BCUT2D eigenvalue weighted by Crippen LogP contribution is -2.33. The number of rotatable bonds is 8. The van der Waals surface area contributed by atoms with Gasteiger partial charge in [0.25, 0.3) is 0 Å². The van der Waals surface area contributed by atoms with Crippen molar-refractivity contribution in [1.29, 1.82) is 0 Å². The van der Waals surface area contributed by atoms with Gasteiger partial charge in [0, 0.05) is 12.6 Å². The van der Waals surface area contributed by atoms with Crippen LogP contribution < -0.4 is 5.32 Å². The van der Waals surface area contributed by atoms with E-state index in [2.05, 4.69) is 22.4 Å². The lowest BCUT2D eigenvalue weighted by Gasteiger charge is -2.12. The van der Waals surface area contributed by atoms with Gasteiger partial charge in [-0.25, -0.2) is 0 Å². The van der Waals surface area contributed by atoms with Crippen molar-refractivity contribution < 1.29 is 9.21 Å². The maximum atomic E-state index is 11.9. The summed E-state index contributed by atoms with van der Waals surface area (Å²) in [6.07, 6.45) is 3.66. The molecule has 1 amide bonds. The molecule has 1 N–H and O–H groups in total. The zero-order valence-electron chi connectivity index (χ0n) is 13.2. The van der Waals surface area contributed by atoms with Gasteiger partial charge in [-0.2, -0.15) is 0 Å². The molecule has 0 saturated heterocycles. The Kier molecular flexibility index (Phi) is 6.06. The van der Waals surface area contributed by atoms with E-state index < -0.39 is 0 Å². The molecule has 7 heteroatoms. The van der Waals surface area contributed by atoms with Crippen molar-refractivity contribution in [3.8, 4) is 11.6 Å². The van der Waals surface area contributed by atoms with Crippen LogP contribution in [0.5, 0.6) is 0 Å². The summed E-state index contributed by atoms with van der Waals surface area (Å²) in [7, 11) is 0. The molecule has 2 aromatic rings. The number of thioether (sulfide) groups is 1. The van der Waals surface area contributed by atoms with Gasteiger partial charge in [0.2, 0.25) is 5.91 Å². The predicted octanol–water partition coefficient (Wildman–Crippen LogP) is 2.95. The van der Waals surface area contributed by atoms with E-state index in [1.54, 1.807) is 6.26 Å².